The first-order chi connectivity index (χ1) is 6.59. The molecule has 0 unspecified atom stereocenters. The van der Waals surface area contributed by atoms with Gasteiger partial charge in [-0.25, -0.2) is 4.39 Å². The quantitative estimate of drug-likeness (QED) is 0.777. The molecular formula is C10H11FO3. The number of halogens is 1. The molecule has 1 aromatic rings. The van der Waals surface area contributed by atoms with Gasteiger partial charge in [0.05, 0.1) is 0 Å². The second-order valence-electron chi connectivity index (χ2n) is 3.02. The molecule has 76 valence electrons. The normalized spacial score (nSPS) is 10.1. The number of carboxylic acids is 1. The highest BCUT2D eigenvalue weighted by Gasteiger charge is 2.04. The molecule has 0 aliphatic carbocycles. The molecule has 2 N–H and O–H groups in total. The van der Waals surface area contributed by atoms with Crippen LogP contribution in [-0.2, 0) is 11.2 Å². The Morgan fingerprint density at radius 1 is 1.43 bits per heavy atom. The summed E-state index contributed by atoms with van der Waals surface area (Å²) >= 11 is 0. The second kappa shape index (κ2) is 4.60. The van der Waals surface area contributed by atoms with Crippen molar-refractivity contribution in [1.29, 1.82) is 0 Å². The molecule has 4 heteroatoms. The van der Waals surface area contributed by atoms with Crippen LogP contribution in [-0.4, -0.2) is 16.2 Å². The lowest BCUT2D eigenvalue weighted by Gasteiger charge is -2.02. The Labute approximate surface area is 80.8 Å². The molecule has 0 aliphatic rings. The standard InChI is InChI=1S/C10H11FO3/c11-8-4-5-9(12)7(6-8)2-1-3-10(13)14/h4-6,12H,1-3H2,(H,13,14). The van der Waals surface area contributed by atoms with Gasteiger partial charge in [0.2, 0.25) is 0 Å². The third kappa shape index (κ3) is 3.05. The Hall–Kier alpha value is -1.58. The highest BCUT2D eigenvalue weighted by atomic mass is 19.1. The number of hydrogen-bond donors (Lipinski definition) is 2. The molecule has 0 aliphatic heterocycles. The summed E-state index contributed by atoms with van der Waals surface area (Å²) in [4.78, 5) is 10.2. The number of hydrogen-bond acceptors (Lipinski definition) is 2. The van der Waals surface area contributed by atoms with Crippen LogP contribution in [0.4, 0.5) is 4.39 Å². The van der Waals surface area contributed by atoms with E-state index in [9.17, 15) is 14.3 Å². The second-order valence-corrected chi connectivity index (χ2v) is 3.02. The van der Waals surface area contributed by atoms with Gasteiger partial charge in [0.15, 0.2) is 0 Å². The van der Waals surface area contributed by atoms with E-state index >= 15 is 0 Å². The zero-order chi connectivity index (χ0) is 10.6. The lowest BCUT2D eigenvalue weighted by Crippen LogP contribution is -1.96. The molecular weight excluding hydrogens is 187 g/mol. The third-order valence-electron chi connectivity index (χ3n) is 1.88. The van der Waals surface area contributed by atoms with Crippen molar-refractivity contribution in [3.05, 3.63) is 29.6 Å². The maximum absolute atomic E-state index is 12.7. The fourth-order valence-electron chi connectivity index (χ4n) is 1.18. The number of aromatic hydroxyl groups is 1. The maximum Gasteiger partial charge on any atom is 0.303 e. The fraction of sp³-hybridized carbons (Fsp3) is 0.300. The lowest BCUT2D eigenvalue weighted by atomic mass is 10.1. The summed E-state index contributed by atoms with van der Waals surface area (Å²) in [5.74, 6) is -1.30. The number of benzene rings is 1. The van der Waals surface area contributed by atoms with E-state index in [1.807, 2.05) is 0 Å². The van der Waals surface area contributed by atoms with Crippen LogP contribution in [0.25, 0.3) is 0 Å². The topological polar surface area (TPSA) is 57.5 Å². The number of rotatable bonds is 4. The molecule has 1 aromatic carbocycles. The van der Waals surface area contributed by atoms with Gasteiger partial charge in [-0.2, -0.15) is 0 Å². The van der Waals surface area contributed by atoms with Crippen LogP contribution in [0.2, 0.25) is 0 Å². The Kier molecular flexibility index (Phi) is 3.45. The van der Waals surface area contributed by atoms with Gasteiger partial charge in [0.1, 0.15) is 11.6 Å². The van der Waals surface area contributed by atoms with Crippen LogP contribution in [0.3, 0.4) is 0 Å². The van der Waals surface area contributed by atoms with Crippen molar-refractivity contribution in [3.8, 4) is 5.75 Å². The molecule has 0 spiro atoms. The summed E-state index contributed by atoms with van der Waals surface area (Å²) in [5, 5.41) is 17.7. The Bertz CT molecular complexity index is 336. The van der Waals surface area contributed by atoms with Gasteiger partial charge >= 0.3 is 5.97 Å². The monoisotopic (exact) mass is 198 g/mol. The summed E-state index contributed by atoms with van der Waals surface area (Å²) in [5.41, 5.74) is 0.450. The molecule has 0 fully saturated rings. The van der Waals surface area contributed by atoms with E-state index in [1.54, 1.807) is 0 Å². The zero-order valence-electron chi connectivity index (χ0n) is 7.53. The Morgan fingerprint density at radius 3 is 2.79 bits per heavy atom. The first-order valence-electron chi connectivity index (χ1n) is 4.29. The minimum atomic E-state index is -0.888. The molecule has 14 heavy (non-hydrogen) atoms. The average Bonchev–Trinajstić information content (AvgIpc) is 2.10. The number of aryl methyl sites for hydroxylation is 1. The van der Waals surface area contributed by atoms with E-state index in [2.05, 4.69) is 0 Å². The summed E-state index contributed by atoms with van der Waals surface area (Å²) in [6, 6.07) is 3.65. The maximum atomic E-state index is 12.7. The van der Waals surface area contributed by atoms with E-state index in [0.29, 0.717) is 18.4 Å². The van der Waals surface area contributed by atoms with Crippen molar-refractivity contribution >= 4 is 5.97 Å². The van der Waals surface area contributed by atoms with E-state index in [4.69, 9.17) is 5.11 Å². The minimum Gasteiger partial charge on any atom is -0.508 e. The molecule has 0 saturated carbocycles. The van der Waals surface area contributed by atoms with Gasteiger partial charge in [0.25, 0.3) is 0 Å². The number of phenolic OH excluding ortho intramolecular Hbond substituents is 1. The number of carboxylic acid groups (broad SMARTS) is 1. The van der Waals surface area contributed by atoms with Crippen LogP contribution in [0, 0.1) is 5.82 Å². The summed E-state index contributed by atoms with van der Waals surface area (Å²) in [6.07, 6.45) is 0.790. The van der Waals surface area contributed by atoms with Crippen molar-refractivity contribution in [2.24, 2.45) is 0 Å². The molecule has 0 aromatic heterocycles. The number of phenols is 1. The summed E-state index contributed by atoms with van der Waals surface area (Å²) in [6.45, 7) is 0. The van der Waals surface area contributed by atoms with Crippen molar-refractivity contribution in [1.82, 2.24) is 0 Å². The smallest absolute Gasteiger partial charge is 0.303 e. The van der Waals surface area contributed by atoms with Gasteiger partial charge in [-0.1, -0.05) is 0 Å². The molecule has 0 heterocycles. The fourth-order valence-corrected chi connectivity index (χ4v) is 1.18. The first kappa shape index (κ1) is 10.5. The molecule has 0 radical (unpaired) electrons. The number of carbonyl (C=O) groups is 1. The predicted octanol–water partition coefficient (Wildman–Crippen LogP) is 1.94. The minimum absolute atomic E-state index is 0.0109. The molecule has 0 atom stereocenters. The summed E-state index contributed by atoms with van der Waals surface area (Å²) in [7, 11) is 0. The molecule has 0 amide bonds. The van der Waals surface area contributed by atoms with Crippen molar-refractivity contribution < 1.29 is 19.4 Å². The van der Waals surface area contributed by atoms with Crippen molar-refractivity contribution in [3.63, 3.8) is 0 Å². The average molecular weight is 198 g/mol. The first-order valence-corrected chi connectivity index (χ1v) is 4.29. The van der Waals surface area contributed by atoms with Crippen molar-refractivity contribution in [2.75, 3.05) is 0 Å². The SMILES string of the molecule is O=C(O)CCCc1cc(F)ccc1O. The third-order valence-corrected chi connectivity index (χ3v) is 1.88. The highest BCUT2D eigenvalue weighted by molar-refractivity contribution is 5.66. The van der Waals surface area contributed by atoms with Gasteiger partial charge < -0.3 is 10.2 Å². The molecule has 1 rings (SSSR count). The molecule has 0 saturated heterocycles. The largest absolute Gasteiger partial charge is 0.508 e. The van der Waals surface area contributed by atoms with Crippen LogP contribution in [0.5, 0.6) is 5.75 Å². The van der Waals surface area contributed by atoms with Crippen LogP contribution >= 0.6 is 0 Å². The van der Waals surface area contributed by atoms with Gasteiger partial charge in [-0.05, 0) is 36.6 Å². The van der Waals surface area contributed by atoms with E-state index in [1.165, 1.54) is 12.1 Å². The van der Waals surface area contributed by atoms with Gasteiger partial charge in [-0.3, -0.25) is 4.79 Å². The Balaban J connectivity index is 2.57. The predicted molar refractivity (Wildman–Crippen MR) is 48.6 cm³/mol. The van der Waals surface area contributed by atoms with Crippen LogP contribution in [0.1, 0.15) is 18.4 Å². The highest BCUT2D eigenvalue weighted by Crippen LogP contribution is 2.19. The summed E-state index contributed by atoms with van der Waals surface area (Å²) < 4.78 is 12.7. The molecule has 0 bridgehead atoms. The lowest BCUT2D eigenvalue weighted by molar-refractivity contribution is -0.137. The van der Waals surface area contributed by atoms with E-state index in [-0.39, 0.29) is 12.2 Å². The van der Waals surface area contributed by atoms with E-state index in [0.717, 1.165) is 6.07 Å². The van der Waals surface area contributed by atoms with Crippen LogP contribution < -0.4 is 0 Å². The molecule has 3 nitrogen and oxygen atoms in total. The van der Waals surface area contributed by atoms with Gasteiger partial charge in [0, 0.05) is 6.42 Å². The Morgan fingerprint density at radius 2 is 2.14 bits per heavy atom. The number of aliphatic carboxylic acids is 1. The van der Waals surface area contributed by atoms with Gasteiger partial charge in [-0.15, -0.1) is 0 Å². The van der Waals surface area contributed by atoms with Crippen LogP contribution in [0.15, 0.2) is 18.2 Å². The zero-order valence-corrected chi connectivity index (χ0v) is 7.53. The van der Waals surface area contributed by atoms with Crippen molar-refractivity contribution in [2.45, 2.75) is 19.3 Å². The van der Waals surface area contributed by atoms with E-state index < -0.39 is 11.8 Å².